The van der Waals surface area contributed by atoms with Crippen LogP contribution < -0.4 is 16.4 Å². The van der Waals surface area contributed by atoms with Crippen LogP contribution >= 0.6 is 0 Å². The molecule has 0 aliphatic heterocycles. The summed E-state index contributed by atoms with van der Waals surface area (Å²) in [6, 6.07) is 0. The predicted molar refractivity (Wildman–Crippen MR) is 66.8 cm³/mol. The summed E-state index contributed by atoms with van der Waals surface area (Å²) in [4.78, 5) is 0. The molecule has 0 spiro atoms. The van der Waals surface area contributed by atoms with Crippen LogP contribution in [0.2, 0.25) is 0 Å². The lowest BCUT2D eigenvalue weighted by atomic mass is 10.2. The van der Waals surface area contributed by atoms with Crippen molar-refractivity contribution in [1.29, 1.82) is 10.8 Å². The minimum atomic E-state index is -1.03. The first-order valence-corrected chi connectivity index (χ1v) is 5.75. The van der Waals surface area contributed by atoms with E-state index in [2.05, 4.69) is 10.6 Å². The molecule has 17 heavy (non-hydrogen) atoms. The van der Waals surface area contributed by atoms with Gasteiger partial charge in [0.05, 0.1) is 0 Å². The SMILES string of the molecule is CCCC(NC(=N)NC(=N)N)(OCC)OCC. The fourth-order valence-corrected chi connectivity index (χ4v) is 1.47. The third-order valence-electron chi connectivity index (χ3n) is 1.91. The zero-order chi connectivity index (χ0) is 13.3. The van der Waals surface area contributed by atoms with Gasteiger partial charge in [-0.1, -0.05) is 6.92 Å². The van der Waals surface area contributed by atoms with Crippen LogP contribution in [0.4, 0.5) is 0 Å². The van der Waals surface area contributed by atoms with E-state index in [-0.39, 0.29) is 11.9 Å². The molecule has 0 unspecified atom stereocenters. The Bertz CT molecular complexity index is 240. The van der Waals surface area contributed by atoms with Crippen LogP contribution in [0.3, 0.4) is 0 Å². The number of hydrogen-bond acceptors (Lipinski definition) is 4. The highest BCUT2D eigenvalue weighted by Gasteiger charge is 2.31. The number of ether oxygens (including phenoxy) is 2. The lowest BCUT2D eigenvalue weighted by molar-refractivity contribution is -0.247. The van der Waals surface area contributed by atoms with Gasteiger partial charge in [0.15, 0.2) is 11.9 Å². The van der Waals surface area contributed by atoms with Crippen LogP contribution in [-0.4, -0.2) is 31.0 Å². The van der Waals surface area contributed by atoms with Crippen molar-refractivity contribution in [2.24, 2.45) is 5.73 Å². The largest absolute Gasteiger partial charge is 0.370 e. The van der Waals surface area contributed by atoms with Crippen molar-refractivity contribution >= 4 is 11.9 Å². The van der Waals surface area contributed by atoms with Gasteiger partial charge in [0, 0.05) is 19.6 Å². The fourth-order valence-electron chi connectivity index (χ4n) is 1.47. The zero-order valence-electron chi connectivity index (χ0n) is 10.7. The molecule has 0 aromatic heterocycles. The normalized spacial score (nSPS) is 11.0. The van der Waals surface area contributed by atoms with Gasteiger partial charge in [-0.2, -0.15) is 0 Å². The zero-order valence-corrected chi connectivity index (χ0v) is 10.7. The second-order valence-electron chi connectivity index (χ2n) is 3.41. The van der Waals surface area contributed by atoms with Gasteiger partial charge in [0.2, 0.25) is 0 Å². The summed E-state index contributed by atoms with van der Waals surface area (Å²) in [5.74, 6) is -1.45. The monoisotopic (exact) mass is 245 g/mol. The molecule has 6 N–H and O–H groups in total. The highest BCUT2D eigenvalue weighted by Crippen LogP contribution is 2.16. The molecule has 0 fully saturated rings. The van der Waals surface area contributed by atoms with Crippen LogP contribution in [0.25, 0.3) is 0 Å². The smallest absolute Gasteiger partial charge is 0.251 e. The Morgan fingerprint density at radius 3 is 2.06 bits per heavy atom. The van der Waals surface area contributed by atoms with E-state index in [0.717, 1.165) is 6.42 Å². The summed E-state index contributed by atoms with van der Waals surface area (Å²) in [6.45, 7) is 6.62. The molecule has 0 heterocycles. The molecular formula is C10H23N5O2. The van der Waals surface area contributed by atoms with Gasteiger partial charge in [0.1, 0.15) is 0 Å². The third-order valence-corrected chi connectivity index (χ3v) is 1.91. The van der Waals surface area contributed by atoms with Crippen molar-refractivity contribution in [1.82, 2.24) is 10.6 Å². The quantitative estimate of drug-likeness (QED) is 0.255. The molecule has 0 amide bonds. The van der Waals surface area contributed by atoms with Crippen LogP contribution in [-0.2, 0) is 9.47 Å². The van der Waals surface area contributed by atoms with Gasteiger partial charge in [-0.3, -0.25) is 16.1 Å². The van der Waals surface area contributed by atoms with Crippen molar-refractivity contribution in [2.75, 3.05) is 13.2 Å². The fraction of sp³-hybridized carbons (Fsp3) is 0.800. The van der Waals surface area contributed by atoms with Gasteiger partial charge >= 0.3 is 0 Å². The van der Waals surface area contributed by atoms with Gasteiger partial charge in [-0.25, -0.2) is 0 Å². The van der Waals surface area contributed by atoms with Crippen LogP contribution in [0.1, 0.15) is 33.6 Å². The summed E-state index contributed by atoms with van der Waals surface area (Å²) in [5.41, 5.74) is 5.14. The maximum Gasteiger partial charge on any atom is 0.251 e. The maximum atomic E-state index is 7.61. The number of rotatable bonds is 7. The molecular weight excluding hydrogens is 222 g/mol. The molecule has 0 atom stereocenters. The van der Waals surface area contributed by atoms with E-state index in [4.69, 9.17) is 26.0 Å². The Hall–Kier alpha value is -1.34. The minimum Gasteiger partial charge on any atom is -0.370 e. The first kappa shape index (κ1) is 15.7. The van der Waals surface area contributed by atoms with Crippen LogP contribution in [0, 0.1) is 10.8 Å². The summed E-state index contributed by atoms with van der Waals surface area (Å²) >= 11 is 0. The molecule has 7 heteroatoms. The van der Waals surface area contributed by atoms with Gasteiger partial charge in [-0.15, -0.1) is 0 Å². The average Bonchev–Trinajstić information content (AvgIpc) is 2.16. The summed E-state index contributed by atoms with van der Waals surface area (Å²) < 4.78 is 11.1. The molecule has 0 saturated carbocycles. The topological polar surface area (TPSA) is 116 Å². The lowest BCUT2D eigenvalue weighted by Crippen LogP contribution is -2.57. The number of nitrogens with two attached hydrogens (primary N) is 1. The molecule has 0 bridgehead atoms. The van der Waals surface area contributed by atoms with Crippen molar-refractivity contribution in [3.63, 3.8) is 0 Å². The van der Waals surface area contributed by atoms with Gasteiger partial charge < -0.3 is 20.5 Å². The number of guanidine groups is 2. The second kappa shape index (κ2) is 7.86. The molecule has 100 valence electrons. The van der Waals surface area contributed by atoms with Gasteiger partial charge in [0.25, 0.3) is 5.91 Å². The Balaban J connectivity index is 4.63. The maximum absolute atomic E-state index is 7.61. The summed E-state index contributed by atoms with van der Waals surface area (Å²) in [5, 5.41) is 19.8. The highest BCUT2D eigenvalue weighted by atomic mass is 16.7. The van der Waals surface area contributed by atoms with E-state index in [1.165, 1.54) is 0 Å². The standard InChI is InChI=1S/C10H23N5O2/c1-4-7-10(16-5-2,17-6-3)15-9(13)14-8(11)12/h4-7H2,1-3H3,(H6,11,12,13,14,15). The van der Waals surface area contributed by atoms with Gasteiger partial charge in [-0.05, 0) is 20.3 Å². The van der Waals surface area contributed by atoms with Crippen LogP contribution in [0.15, 0.2) is 0 Å². The predicted octanol–water partition coefficient (Wildman–Crippen LogP) is 0.521. The first-order chi connectivity index (χ1) is 7.99. The number of hydrogen-bond donors (Lipinski definition) is 5. The highest BCUT2D eigenvalue weighted by molar-refractivity contribution is 5.94. The molecule has 0 rings (SSSR count). The second-order valence-corrected chi connectivity index (χ2v) is 3.41. The van der Waals surface area contributed by atoms with E-state index in [9.17, 15) is 0 Å². The van der Waals surface area contributed by atoms with E-state index < -0.39 is 5.91 Å². The van der Waals surface area contributed by atoms with E-state index >= 15 is 0 Å². The Morgan fingerprint density at radius 1 is 1.18 bits per heavy atom. The molecule has 0 aliphatic carbocycles. The molecule has 0 aliphatic rings. The molecule has 7 nitrogen and oxygen atoms in total. The summed E-state index contributed by atoms with van der Waals surface area (Å²) in [6.07, 6.45) is 1.43. The molecule has 0 radical (unpaired) electrons. The Labute approximate surface area is 102 Å². The molecule has 0 aromatic rings. The van der Waals surface area contributed by atoms with Crippen molar-refractivity contribution in [2.45, 2.75) is 39.5 Å². The van der Waals surface area contributed by atoms with Crippen molar-refractivity contribution < 1.29 is 9.47 Å². The first-order valence-electron chi connectivity index (χ1n) is 5.75. The van der Waals surface area contributed by atoms with Crippen molar-refractivity contribution in [3.8, 4) is 0 Å². The average molecular weight is 245 g/mol. The Morgan fingerprint density at radius 2 is 1.71 bits per heavy atom. The molecule has 0 saturated heterocycles. The van der Waals surface area contributed by atoms with E-state index in [1.54, 1.807) is 0 Å². The minimum absolute atomic E-state index is 0.118. The van der Waals surface area contributed by atoms with E-state index in [0.29, 0.717) is 19.6 Å². The van der Waals surface area contributed by atoms with E-state index in [1.807, 2.05) is 20.8 Å². The third kappa shape index (κ3) is 6.08. The van der Waals surface area contributed by atoms with Crippen LogP contribution in [0.5, 0.6) is 0 Å². The lowest BCUT2D eigenvalue weighted by Gasteiger charge is -2.34. The van der Waals surface area contributed by atoms with Crippen molar-refractivity contribution in [3.05, 3.63) is 0 Å². The summed E-state index contributed by atoms with van der Waals surface area (Å²) in [7, 11) is 0. The Kier molecular flexibility index (Phi) is 7.24. The number of nitrogens with one attached hydrogen (secondary N) is 4. The molecule has 0 aromatic carbocycles.